The molecule has 6 nitrogen and oxygen atoms in total. The Labute approximate surface area is 250 Å². The van der Waals surface area contributed by atoms with E-state index >= 15 is 0 Å². The number of anilines is 1. The van der Waals surface area contributed by atoms with E-state index in [1.807, 2.05) is 54.6 Å². The summed E-state index contributed by atoms with van der Waals surface area (Å²) < 4.78 is 41.8. The minimum absolute atomic E-state index is 0.298. The van der Waals surface area contributed by atoms with Crippen LogP contribution in [0.2, 0.25) is 0 Å². The molecular formula is C34H38F3N5O. The standard InChI is InChI=1S/C34H38F3N5O/c1-24(2)42-30-16-8-7-15-29(30)39-32(42)41-21-19-40(20-22-41)18-10-9-17-33(31(43)38-23-34(35,36)37)27-13-5-3-11-25(27)26-12-4-6-14-28(26)33/h3-8,11-16,24H,9-10,17-23H2,1-2H3,(H,38,43). The van der Waals surface area contributed by atoms with Crippen molar-refractivity contribution in [2.45, 2.75) is 50.7 Å². The van der Waals surface area contributed by atoms with E-state index < -0.39 is 24.0 Å². The van der Waals surface area contributed by atoms with Gasteiger partial charge in [0.05, 0.1) is 11.0 Å². The maximum absolute atomic E-state index is 13.7. The summed E-state index contributed by atoms with van der Waals surface area (Å²) in [6.07, 6.45) is -2.46. The third-order valence-corrected chi connectivity index (χ3v) is 8.93. The number of carbonyl (C=O) groups excluding carboxylic acids is 1. The van der Waals surface area contributed by atoms with Gasteiger partial charge in [0, 0.05) is 32.2 Å². The SMILES string of the molecule is CC(C)n1c(N2CCN(CCCCC3(C(=O)NCC(F)(F)F)c4ccccc4-c4ccccc43)CC2)nc2ccccc21. The molecular weight excluding hydrogens is 551 g/mol. The lowest BCUT2D eigenvalue weighted by Gasteiger charge is -2.36. The molecule has 6 rings (SSSR count). The van der Waals surface area contributed by atoms with E-state index in [1.54, 1.807) is 0 Å². The van der Waals surface area contributed by atoms with Crippen molar-refractivity contribution in [3.8, 4) is 11.1 Å². The first-order valence-electron chi connectivity index (χ1n) is 15.2. The highest BCUT2D eigenvalue weighted by atomic mass is 19.4. The summed E-state index contributed by atoms with van der Waals surface area (Å²) in [4.78, 5) is 23.5. The van der Waals surface area contributed by atoms with Crippen molar-refractivity contribution < 1.29 is 18.0 Å². The quantitative estimate of drug-likeness (QED) is 0.225. The zero-order valence-electron chi connectivity index (χ0n) is 24.7. The van der Waals surface area contributed by atoms with E-state index in [1.165, 1.54) is 0 Å². The van der Waals surface area contributed by atoms with Crippen molar-refractivity contribution in [2.75, 3.05) is 44.2 Å². The van der Waals surface area contributed by atoms with Crippen molar-refractivity contribution in [2.24, 2.45) is 0 Å². The summed E-state index contributed by atoms with van der Waals surface area (Å²) in [6, 6.07) is 23.8. The van der Waals surface area contributed by atoms with Crippen LogP contribution in [0.15, 0.2) is 72.8 Å². The van der Waals surface area contributed by atoms with Gasteiger partial charge >= 0.3 is 6.18 Å². The van der Waals surface area contributed by atoms with Gasteiger partial charge in [-0.05, 0) is 67.6 Å². The highest BCUT2D eigenvalue weighted by Gasteiger charge is 2.49. The van der Waals surface area contributed by atoms with Gasteiger partial charge in [0.15, 0.2) is 0 Å². The number of alkyl halides is 3. The molecule has 1 aromatic heterocycles. The number of nitrogens with zero attached hydrogens (tertiary/aromatic N) is 4. The van der Waals surface area contributed by atoms with Crippen LogP contribution in [0, 0.1) is 0 Å². The number of imidazole rings is 1. The Kier molecular flexibility index (Phi) is 7.94. The number of halogens is 3. The van der Waals surface area contributed by atoms with Crippen LogP contribution in [0.25, 0.3) is 22.2 Å². The van der Waals surface area contributed by atoms with Crippen molar-refractivity contribution in [1.82, 2.24) is 19.8 Å². The number of benzene rings is 3. The zero-order chi connectivity index (χ0) is 30.2. The van der Waals surface area contributed by atoms with Gasteiger partial charge in [-0.15, -0.1) is 0 Å². The molecule has 0 radical (unpaired) electrons. The van der Waals surface area contributed by atoms with E-state index in [4.69, 9.17) is 4.98 Å². The monoisotopic (exact) mass is 589 g/mol. The average molecular weight is 590 g/mol. The van der Waals surface area contributed by atoms with E-state index in [0.717, 1.165) is 78.4 Å². The van der Waals surface area contributed by atoms with Crippen LogP contribution in [0.5, 0.6) is 0 Å². The van der Waals surface area contributed by atoms with Crippen LogP contribution >= 0.6 is 0 Å². The van der Waals surface area contributed by atoms with Crippen LogP contribution in [0.1, 0.15) is 50.3 Å². The highest BCUT2D eigenvalue weighted by molar-refractivity contribution is 6.00. The minimum atomic E-state index is -4.48. The molecule has 43 heavy (non-hydrogen) atoms. The van der Waals surface area contributed by atoms with E-state index in [0.29, 0.717) is 18.9 Å². The number of rotatable bonds is 9. The minimum Gasteiger partial charge on any atom is -0.346 e. The molecule has 1 aliphatic carbocycles. The van der Waals surface area contributed by atoms with Crippen molar-refractivity contribution in [3.63, 3.8) is 0 Å². The predicted octanol–water partition coefficient (Wildman–Crippen LogP) is 6.55. The lowest BCUT2D eigenvalue weighted by molar-refractivity contribution is -0.141. The van der Waals surface area contributed by atoms with Gasteiger partial charge < -0.3 is 14.8 Å². The summed E-state index contributed by atoms with van der Waals surface area (Å²) in [5, 5.41) is 2.23. The third kappa shape index (κ3) is 5.51. The second kappa shape index (κ2) is 11.7. The third-order valence-electron chi connectivity index (χ3n) is 8.93. The van der Waals surface area contributed by atoms with E-state index in [-0.39, 0.29) is 0 Å². The van der Waals surface area contributed by atoms with Crippen LogP contribution in [0.4, 0.5) is 19.1 Å². The van der Waals surface area contributed by atoms with Crippen molar-refractivity contribution in [1.29, 1.82) is 0 Å². The second-order valence-electron chi connectivity index (χ2n) is 11.9. The Hall–Kier alpha value is -3.85. The van der Waals surface area contributed by atoms with E-state index in [9.17, 15) is 18.0 Å². The molecule has 1 aliphatic heterocycles. The first-order chi connectivity index (χ1) is 20.7. The summed E-state index contributed by atoms with van der Waals surface area (Å²) in [5.41, 5.74) is 4.44. The Balaban J connectivity index is 1.13. The molecule has 0 atom stereocenters. The normalized spacial score (nSPS) is 16.5. The number of hydrogen-bond donors (Lipinski definition) is 1. The lowest BCUT2D eigenvalue weighted by atomic mass is 9.73. The predicted molar refractivity (Wildman–Crippen MR) is 164 cm³/mol. The first kappa shape index (κ1) is 29.2. The molecule has 0 bridgehead atoms. The Bertz CT molecular complexity index is 1560. The lowest BCUT2D eigenvalue weighted by Crippen LogP contribution is -2.48. The molecule has 1 amide bonds. The fourth-order valence-electron chi connectivity index (χ4n) is 6.95. The number of fused-ring (bicyclic) bond motifs is 4. The number of carbonyl (C=O) groups is 1. The number of para-hydroxylation sites is 2. The number of unbranched alkanes of at least 4 members (excludes halogenated alkanes) is 1. The number of amides is 1. The molecule has 226 valence electrons. The van der Waals surface area contributed by atoms with Crippen molar-refractivity contribution in [3.05, 3.63) is 83.9 Å². The smallest absolute Gasteiger partial charge is 0.346 e. The van der Waals surface area contributed by atoms with Gasteiger partial charge in [0.1, 0.15) is 12.0 Å². The van der Waals surface area contributed by atoms with E-state index in [2.05, 4.69) is 51.7 Å². The molecule has 1 N–H and O–H groups in total. The topological polar surface area (TPSA) is 53.4 Å². The zero-order valence-corrected chi connectivity index (χ0v) is 24.7. The molecule has 0 unspecified atom stereocenters. The molecule has 2 aliphatic rings. The molecule has 0 saturated carbocycles. The van der Waals surface area contributed by atoms with Gasteiger partial charge in [0.25, 0.3) is 0 Å². The Morgan fingerprint density at radius 3 is 2.12 bits per heavy atom. The fourth-order valence-corrected chi connectivity index (χ4v) is 6.95. The summed E-state index contributed by atoms with van der Waals surface area (Å²) >= 11 is 0. The number of hydrogen-bond acceptors (Lipinski definition) is 4. The maximum Gasteiger partial charge on any atom is 0.405 e. The highest BCUT2D eigenvalue weighted by Crippen LogP contribution is 2.51. The van der Waals surface area contributed by atoms with Crippen LogP contribution < -0.4 is 10.2 Å². The van der Waals surface area contributed by atoms with Gasteiger partial charge in [-0.1, -0.05) is 67.1 Å². The number of nitrogens with one attached hydrogen (secondary N) is 1. The molecule has 1 saturated heterocycles. The van der Waals surface area contributed by atoms with Gasteiger partial charge in [-0.2, -0.15) is 13.2 Å². The van der Waals surface area contributed by atoms with Gasteiger partial charge in [-0.25, -0.2) is 4.98 Å². The molecule has 9 heteroatoms. The van der Waals surface area contributed by atoms with Gasteiger partial charge in [-0.3, -0.25) is 9.69 Å². The summed E-state index contributed by atoms with van der Waals surface area (Å²) in [7, 11) is 0. The number of aromatic nitrogens is 2. The average Bonchev–Trinajstić information content (AvgIpc) is 3.53. The Morgan fingerprint density at radius 1 is 0.884 bits per heavy atom. The maximum atomic E-state index is 13.7. The van der Waals surface area contributed by atoms with Crippen LogP contribution in [0.3, 0.4) is 0 Å². The van der Waals surface area contributed by atoms with Crippen molar-refractivity contribution >= 4 is 22.9 Å². The Morgan fingerprint density at radius 2 is 1.49 bits per heavy atom. The molecule has 1 fully saturated rings. The molecule has 3 aromatic carbocycles. The second-order valence-corrected chi connectivity index (χ2v) is 11.9. The molecule has 4 aromatic rings. The molecule has 2 heterocycles. The first-order valence-corrected chi connectivity index (χ1v) is 15.2. The number of piperazine rings is 1. The largest absolute Gasteiger partial charge is 0.405 e. The van der Waals surface area contributed by atoms with Crippen LogP contribution in [-0.2, 0) is 10.2 Å². The summed E-state index contributed by atoms with van der Waals surface area (Å²) in [5.74, 6) is 0.435. The fraction of sp³-hybridized carbons (Fsp3) is 0.412. The summed E-state index contributed by atoms with van der Waals surface area (Å²) in [6.45, 7) is 7.47. The van der Waals surface area contributed by atoms with Gasteiger partial charge in [0.2, 0.25) is 11.9 Å². The van der Waals surface area contributed by atoms with Crippen LogP contribution in [-0.4, -0.2) is 65.8 Å². The molecule has 0 spiro atoms.